The third-order valence-corrected chi connectivity index (χ3v) is 2.11. The monoisotopic (exact) mass is 171 g/mol. The van der Waals surface area contributed by atoms with E-state index in [0.29, 0.717) is 5.03 Å². The predicted molar refractivity (Wildman–Crippen MR) is 49.9 cm³/mol. The fraction of sp³-hybridized carbons (Fsp3) is 0.375. The molecule has 0 bridgehead atoms. The summed E-state index contributed by atoms with van der Waals surface area (Å²) in [6.07, 6.45) is 0.908. The topological polar surface area (TPSA) is 43.1 Å². The van der Waals surface area contributed by atoms with E-state index < -0.39 is 0 Å². The number of carbonyl (C=O) groups excluding carboxylic acids is 1. The first-order valence-corrected chi connectivity index (χ1v) is 4.19. The molecule has 2 nitrogen and oxygen atoms in total. The highest BCUT2D eigenvalue weighted by molar-refractivity contribution is 8.05. The van der Waals surface area contributed by atoms with Gasteiger partial charge in [-0.3, -0.25) is 0 Å². The van der Waals surface area contributed by atoms with Crippen LogP contribution in [0.25, 0.3) is 0 Å². The van der Waals surface area contributed by atoms with Crippen molar-refractivity contribution in [1.29, 1.82) is 0 Å². The highest BCUT2D eigenvalue weighted by Crippen LogP contribution is 2.16. The van der Waals surface area contributed by atoms with Crippen LogP contribution < -0.4 is 5.73 Å². The molecule has 0 saturated heterocycles. The molecular weight excluding hydrogens is 158 g/mol. The number of nitrogens with two attached hydrogens (primary N) is 1. The molecule has 11 heavy (non-hydrogen) atoms. The number of thioether (sulfide) groups is 1. The van der Waals surface area contributed by atoms with Crippen LogP contribution in [-0.4, -0.2) is 6.29 Å². The lowest BCUT2D eigenvalue weighted by Gasteiger charge is -2.02. The van der Waals surface area contributed by atoms with E-state index in [1.807, 2.05) is 19.3 Å². The Hall–Kier alpha value is -0.700. The van der Waals surface area contributed by atoms with E-state index in [4.69, 9.17) is 5.73 Å². The molecule has 0 radical (unpaired) electrons. The average molecular weight is 171 g/mol. The molecule has 0 heterocycles. The van der Waals surface area contributed by atoms with Gasteiger partial charge in [-0.1, -0.05) is 30.8 Å². The van der Waals surface area contributed by atoms with Crippen molar-refractivity contribution in [3.8, 4) is 0 Å². The molecule has 2 N–H and O–H groups in total. The van der Waals surface area contributed by atoms with Crippen LogP contribution in [0.3, 0.4) is 0 Å². The smallest absolute Gasteiger partial charge is 0.126 e. The van der Waals surface area contributed by atoms with E-state index in [1.165, 1.54) is 11.8 Å². The maximum Gasteiger partial charge on any atom is 0.126 e. The number of allylic oxidation sites excluding steroid dienone is 1. The first kappa shape index (κ1) is 10.3. The van der Waals surface area contributed by atoms with E-state index >= 15 is 0 Å². The van der Waals surface area contributed by atoms with Gasteiger partial charge in [0.1, 0.15) is 6.29 Å². The zero-order valence-electron chi connectivity index (χ0n) is 6.83. The molecule has 0 amide bonds. The van der Waals surface area contributed by atoms with Crippen molar-refractivity contribution in [2.24, 2.45) is 11.7 Å². The lowest BCUT2D eigenvalue weighted by molar-refractivity contribution is -0.109. The van der Waals surface area contributed by atoms with Crippen LogP contribution in [-0.2, 0) is 4.79 Å². The van der Waals surface area contributed by atoms with Crippen molar-refractivity contribution in [3.63, 3.8) is 0 Å². The Morgan fingerprint density at radius 1 is 1.73 bits per heavy atom. The zero-order valence-corrected chi connectivity index (χ0v) is 7.65. The fourth-order valence-electron chi connectivity index (χ4n) is 0.383. The largest absolute Gasteiger partial charge is 0.394 e. The SMILES string of the molecule is C=C(N)S/C=C(\C)C(C)C=O. The standard InChI is InChI=1S/C8H13NOS/c1-6(4-10)7(2)5-11-8(3)9/h4-6H,3,9H2,1-2H3/b7-5+. The second-order valence-electron chi connectivity index (χ2n) is 2.37. The molecule has 0 aromatic rings. The summed E-state index contributed by atoms with van der Waals surface area (Å²) in [4.78, 5) is 10.3. The first-order chi connectivity index (χ1) is 5.07. The van der Waals surface area contributed by atoms with E-state index in [-0.39, 0.29) is 5.92 Å². The van der Waals surface area contributed by atoms with Crippen molar-refractivity contribution < 1.29 is 4.79 Å². The Balaban J connectivity index is 3.99. The van der Waals surface area contributed by atoms with E-state index in [0.717, 1.165) is 11.9 Å². The van der Waals surface area contributed by atoms with Crippen LogP contribution in [0.15, 0.2) is 22.6 Å². The summed E-state index contributed by atoms with van der Waals surface area (Å²) in [5, 5.41) is 2.39. The van der Waals surface area contributed by atoms with E-state index in [2.05, 4.69) is 6.58 Å². The molecule has 3 heteroatoms. The minimum absolute atomic E-state index is 0.0261. The molecule has 0 saturated carbocycles. The molecular formula is C8H13NOS. The Labute approximate surface area is 71.5 Å². The maximum atomic E-state index is 10.3. The van der Waals surface area contributed by atoms with Gasteiger partial charge in [0.05, 0.1) is 5.03 Å². The molecule has 0 rings (SSSR count). The van der Waals surface area contributed by atoms with Gasteiger partial charge < -0.3 is 10.5 Å². The van der Waals surface area contributed by atoms with Gasteiger partial charge in [-0.15, -0.1) is 0 Å². The van der Waals surface area contributed by atoms with Gasteiger partial charge in [-0.2, -0.15) is 0 Å². The highest BCUT2D eigenvalue weighted by atomic mass is 32.2. The average Bonchev–Trinajstić information content (AvgIpc) is 1.98. The normalized spacial score (nSPS) is 14.2. The summed E-state index contributed by atoms with van der Waals surface area (Å²) in [6, 6.07) is 0. The third-order valence-electron chi connectivity index (χ3n) is 1.32. The molecule has 0 spiro atoms. The van der Waals surface area contributed by atoms with E-state index in [9.17, 15) is 4.79 Å². The Kier molecular flexibility index (Phi) is 4.70. The van der Waals surface area contributed by atoms with Crippen LogP contribution in [0.5, 0.6) is 0 Å². The molecule has 0 aromatic heterocycles. The molecule has 62 valence electrons. The van der Waals surface area contributed by atoms with Crippen LogP contribution >= 0.6 is 11.8 Å². The zero-order chi connectivity index (χ0) is 8.85. The summed E-state index contributed by atoms with van der Waals surface area (Å²) in [5.41, 5.74) is 6.33. The minimum atomic E-state index is -0.0261. The lowest BCUT2D eigenvalue weighted by Crippen LogP contribution is -1.96. The summed E-state index contributed by atoms with van der Waals surface area (Å²) in [7, 11) is 0. The number of aldehydes is 1. The van der Waals surface area contributed by atoms with Crippen LogP contribution in [0, 0.1) is 5.92 Å². The van der Waals surface area contributed by atoms with Gasteiger partial charge in [0.2, 0.25) is 0 Å². The first-order valence-electron chi connectivity index (χ1n) is 3.31. The molecule has 0 fully saturated rings. The van der Waals surface area contributed by atoms with Crippen molar-refractivity contribution in [2.75, 3.05) is 0 Å². The Morgan fingerprint density at radius 3 is 2.64 bits per heavy atom. The number of rotatable bonds is 4. The summed E-state index contributed by atoms with van der Waals surface area (Å²) < 4.78 is 0. The summed E-state index contributed by atoms with van der Waals surface area (Å²) in [5.74, 6) is -0.0261. The van der Waals surface area contributed by atoms with Crippen molar-refractivity contribution in [3.05, 3.63) is 22.6 Å². The Morgan fingerprint density at radius 2 is 2.27 bits per heavy atom. The van der Waals surface area contributed by atoms with Crippen LogP contribution in [0.2, 0.25) is 0 Å². The number of hydrogen-bond donors (Lipinski definition) is 1. The quantitative estimate of drug-likeness (QED) is 0.657. The summed E-state index contributed by atoms with van der Waals surface area (Å²) in [6.45, 7) is 7.26. The predicted octanol–water partition coefficient (Wildman–Crippen LogP) is 1.89. The molecule has 1 unspecified atom stereocenters. The Bertz CT molecular complexity index is 187. The van der Waals surface area contributed by atoms with Crippen LogP contribution in [0.1, 0.15) is 13.8 Å². The fourth-order valence-corrected chi connectivity index (χ4v) is 0.935. The van der Waals surface area contributed by atoms with Gasteiger partial charge in [0.25, 0.3) is 0 Å². The maximum absolute atomic E-state index is 10.3. The van der Waals surface area contributed by atoms with Gasteiger partial charge in [0, 0.05) is 5.92 Å². The van der Waals surface area contributed by atoms with E-state index in [1.54, 1.807) is 0 Å². The minimum Gasteiger partial charge on any atom is -0.394 e. The third kappa shape index (κ3) is 4.67. The molecule has 1 atom stereocenters. The highest BCUT2D eigenvalue weighted by Gasteiger charge is 2.00. The van der Waals surface area contributed by atoms with Gasteiger partial charge >= 0.3 is 0 Å². The van der Waals surface area contributed by atoms with Gasteiger partial charge in [0.15, 0.2) is 0 Å². The molecule has 0 aliphatic heterocycles. The number of hydrogen-bond acceptors (Lipinski definition) is 3. The van der Waals surface area contributed by atoms with Crippen molar-refractivity contribution in [1.82, 2.24) is 0 Å². The molecule has 0 aliphatic carbocycles. The molecule has 0 aromatic carbocycles. The lowest BCUT2D eigenvalue weighted by atomic mass is 10.1. The summed E-state index contributed by atoms with van der Waals surface area (Å²) >= 11 is 1.35. The van der Waals surface area contributed by atoms with Crippen molar-refractivity contribution >= 4 is 18.0 Å². The number of carbonyl (C=O) groups is 1. The second kappa shape index (κ2) is 5.02. The van der Waals surface area contributed by atoms with Gasteiger partial charge in [-0.05, 0) is 12.3 Å². The van der Waals surface area contributed by atoms with Crippen LogP contribution in [0.4, 0.5) is 0 Å². The van der Waals surface area contributed by atoms with Crippen molar-refractivity contribution in [2.45, 2.75) is 13.8 Å². The second-order valence-corrected chi connectivity index (χ2v) is 3.37. The molecule has 0 aliphatic rings. The van der Waals surface area contributed by atoms with Gasteiger partial charge in [-0.25, -0.2) is 0 Å².